The highest BCUT2D eigenvalue weighted by Gasteiger charge is 2.10. The monoisotopic (exact) mass is 225 g/mol. The Hall–Kier alpha value is -0.340. The maximum Gasteiger partial charge on any atom is 0.0300 e. The van der Waals surface area contributed by atoms with E-state index >= 15 is 0 Å². The molecule has 0 radical (unpaired) electrons. The highest BCUT2D eigenvalue weighted by atomic mass is 32.1. The van der Waals surface area contributed by atoms with E-state index in [0.717, 1.165) is 6.54 Å². The molecule has 0 aromatic carbocycles. The van der Waals surface area contributed by atoms with Crippen LogP contribution in [0.5, 0.6) is 0 Å². The molecule has 1 aromatic heterocycles. The summed E-state index contributed by atoms with van der Waals surface area (Å²) in [6.45, 7) is 10.3. The molecule has 0 saturated carbocycles. The fourth-order valence-corrected chi connectivity index (χ4v) is 2.33. The average molecular weight is 225 g/mol. The van der Waals surface area contributed by atoms with Crippen LogP contribution >= 0.6 is 11.3 Å². The lowest BCUT2D eigenvalue weighted by Gasteiger charge is -2.19. The van der Waals surface area contributed by atoms with Gasteiger partial charge in [-0.05, 0) is 54.1 Å². The van der Waals surface area contributed by atoms with Crippen LogP contribution in [0.4, 0.5) is 0 Å². The van der Waals surface area contributed by atoms with Crippen LogP contribution in [-0.2, 0) is 0 Å². The van der Waals surface area contributed by atoms with Crippen LogP contribution in [0.2, 0.25) is 0 Å². The molecule has 86 valence electrons. The largest absolute Gasteiger partial charge is 0.310 e. The third-order valence-corrected chi connectivity index (χ3v) is 3.30. The second-order valence-corrected chi connectivity index (χ2v) is 6.18. The SMILES string of the molecule is CC(NCCCC(C)(C)C)c1ccsc1. The molecule has 1 aromatic rings. The van der Waals surface area contributed by atoms with Crippen LogP contribution in [0.1, 0.15) is 52.1 Å². The summed E-state index contributed by atoms with van der Waals surface area (Å²) in [4.78, 5) is 0. The van der Waals surface area contributed by atoms with Crippen molar-refractivity contribution in [3.63, 3.8) is 0 Å². The van der Waals surface area contributed by atoms with Crippen molar-refractivity contribution < 1.29 is 0 Å². The van der Waals surface area contributed by atoms with Gasteiger partial charge >= 0.3 is 0 Å². The van der Waals surface area contributed by atoms with E-state index in [9.17, 15) is 0 Å². The second-order valence-electron chi connectivity index (χ2n) is 5.40. The highest BCUT2D eigenvalue weighted by molar-refractivity contribution is 7.07. The van der Waals surface area contributed by atoms with Crippen molar-refractivity contribution in [2.24, 2.45) is 5.41 Å². The van der Waals surface area contributed by atoms with Gasteiger partial charge in [0.05, 0.1) is 0 Å². The predicted octanol–water partition coefficient (Wildman–Crippen LogP) is 4.23. The minimum Gasteiger partial charge on any atom is -0.310 e. The van der Waals surface area contributed by atoms with Crippen molar-refractivity contribution in [2.45, 2.75) is 46.6 Å². The van der Waals surface area contributed by atoms with Crippen LogP contribution in [0.15, 0.2) is 16.8 Å². The number of thiophene rings is 1. The van der Waals surface area contributed by atoms with E-state index in [4.69, 9.17) is 0 Å². The summed E-state index contributed by atoms with van der Waals surface area (Å²) in [7, 11) is 0. The van der Waals surface area contributed by atoms with Crippen LogP contribution in [0.3, 0.4) is 0 Å². The topological polar surface area (TPSA) is 12.0 Å². The van der Waals surface area contributed by atoms with Crippen LogP contribution in [0, 0.1) is 5.41 Å². The van der Waals surface area contributed by atoms with Crippen LogP contribution < -0.4 is 5.32 Å². The van der Waals surface area contributed by atoms with Gasteiger partial charge in [0, 0.05) is 6.04 Å². The van der Waals surface area contributed by atoms with Crippen molar-refractivity contribution in [1.29, 1.82) is 0 Å². The molecule has 0 bridgehead atoms. The van der Waals surface area contributed by atoms with Gasteiger partial charge in [-0.1, -0.05) is 20.8 Å². The smallest absolute Gasteiger partial charge is 0.0300 e. The Morgan fingerprint density at radius 2 is 2.13 bits per heavy atom. The van der Waals surface area contributed by atoms with Gasteiger partial charge < -0.3 is 5.32 Å². The molecule has 0 amide bonds. The number of hydrogen-bond donors (Lipinski definition) is 1. The normalized spacial score (nSPS) is 14.1. The zero-order valence-corrected chi connectivity index (χ0v) is 11.2. The van der Waals surface area contributed by atoms with E-state index in [1.807, 2.05) is 0 Å². The third kappa shape index (κ3) is 5.33. The molecule has 1 nitrogen and oxygen atoms in total. The van der Waals surface area contributed by atoms with Crippen LogP contribution in [-0.4, -0.2) is 6.54 Å². The Morgan fingerprint density at radius 3 is 2.67 bits per heavy atom. The molecule has 1 atom stereocenters. The van der Waals surface area contributed by atoms with Gasteiger partial charge in [0.15, 0.2) is 0 Å². The first-order chi connectivity index (χ1) is 6.99. The molecule has 2 heteroatoms. The quantitative estimate of drug-likeness (QED) is 0.740. The van der Waals surface area contributed by atoms with E-state index in [-0.39, 0.29) is 0 Å². The minimum atomic E-state index is 0.466. The Morgan fingerprint density at radius 1 is 1.40 bits per heavy atom. The lowest BCUT2D eigenvalue weighted by molar-refractivity contribution is 0.357. The Kier molecular flexibility index (Phi) is 4.81. The van der Waals surface area contributed by atoms with Crippen molar-refractivity contribution in [1.82, 2.24) is 5.32 Å². The maximum atomic E-state index is 3.56. The van der Waals surface area contributed by atoms with E-state index in [1.165, 1.54) is 18.4 Å². The van der Waals surface area contributed by atoms with Crippen molar-refractivity contribution >= 4 is 11.3 Å². The first kappa shape index (κ1) is 12.7. The molecule has 1 heterocycles. The molecule has 0 saturated heterocycles. The summed E-state index contributed by atoms with van der Waals surface area (Å²) in [5, 5.41) is 7.93. The summed E-state index contributed by atoms with van der Waals surface area (Å²) >= 11 is 1.77. The average Bonchev–Trinajstić information content (AvgIpc) is 2.63. The van der Waals surface area contributed by atoms with E-state index < -0.39 is 0 Å². The van der Waals surface area contributed by atoms with Gasteiger partial charge in [-0.25, -0.2) is 0 Å². The molecular formula is C13H23NS. The summed E-state index contributed by atoms with van der Waals surface area (Å²) in [6.07, 6.45) is 2.55. The van der Waals surface area contributed by atoms with Gasteiger partial charge in [-0.3, -0.25) is 0 Å². The van der Waals surface area contributed by atoms with Gasteiger partial charge in [0.1, 0.15) is 0 Å². The predicted molar refractivity (Wildman–Crippen MR) is 69.4 cm³/mol. The summed E-state index contributed by atoms with van der Waals surface area (Å²) in [5.41, 5.74) is 1.88. The molecule has 15 heavy (non-hydrogen) atoms. The first-order valence-corrected chi connectivity index (χ1v) is 6.69. The van der Waals surface area contributed by atoms with Gasteiger partial charge in [0.2, 0.25) is 0 Å². The molecule has 0 spiro atoms. The van der Waals surface area contributed by atoms with Crippen molar-refractivity contribution in [3.05, 3.63) is 22.4 Å². The van der Waals surface area contributed by atoms with E-state index in [2.05, 4.69) is 49.8 Å². The fourth-order valence-electron chi connectivity index (χ4n) is 1.58. The number of hydrogen-bond acceptors (Lipinski definition) is 2. The van der Waals surface area contributed by atoms with Crippen molar-refractivity contribution in [2.75, 3.05) is 6.54 Å². The standard InChI is InChI=1S/C13H23NS/c1-11(12-6-9-15-10-12)14-8-5-7-13(2,3)4/h6,9-11,14H,5,7-8H2,1-4H3. The molecule has 1 unspecified atom stereocenters. The molecule has 0 aliphatic rings. The Bertz CT molecular complexity index is 259. The molecule has 0 aliphatic heterocycles. The first-order valence-electron chi connectivity index (χ1n) is 5.74. The van der Waals surface area contributed by atoms with Crippen molar-refractivity contribution in [3.8, 4) is 0 Å². The molecule has 1 rings (SSSR count). The number of nitrogens with one attached hydrogen (secondary N) is 1. The zero-order chi connectivity index (χ0) is 11.3. The maximum absolute atomic E-state index is 3.56. The third-order valence-electron chi connectivity index (χ3n) is 2.60. The zero-order valence-electron chi connectivity index (χ0n) is 10.3. The highest BCUT2D eigenvalue weighted by Crippen LogP contribution is 2.20. The molecular weight excluding hydrogens is 202 g/mol. The van der Waals surface area contributed by atoms with E-state index in [0.29, 0.717) is 11.5 Å². The van der Waals surface area contributed by atoms with Gasteiger partial charge in [-0.15, -0.1) is 0 Å². The summed E-state index contributed by atoms with van der Waals surface area (Å²) in [6, 6.07) is 2.70. The summed E-state index contributed by atoms with van der Waals surface area (Å²) in [5.74, 6) is 0. The summed E-state index contributed by atoms with van der Waals surface area (Å²) < 4.78 is 0. The second kappa shape index (κ2) is 5.66. The molecule has 1 N–H and O–H groups in total. The Balaban J connectivity index is 2.16. The van der Waals surface area contributed by atoms with Gasteiger partial charge in [-0.2, -0.15) is 11.3 Å². The van der Waals surface area contributed by atoms with E-state index in [1.54, 1.807) is 11.3 Å². The number of rotatable bonds is 5. The lowest BCUT2D eigenvalue weighted by Crippen LogP contribution is -2.20. The van der Waals surface area contributed by atoms with Gasteiger partial charge in [0.25, 0.3) is 0 Å². The lowest BCUT2D eigenvalue weighted by atomic mass is 9.90. The molecule has 0 aliphatic carbocycles. The fraction of sp³-hybridized carbons (Fsp3) is 0.692. The minimum absolute atomic E-state index is 0.466. The Labute approximate surface area is 97.9 Å². The van der Waals surface area contributed by atoms with Crippen LogP contribution in [0.25, 0.3) is 0 Å². The molecule has 0 fully saturated rings.